The normalized spacial score (nSPS) is 11.3. The van der Waals surface area contributed by atoms with E-state index >= 15 is 0 Å². The molecule has 5 heteroatoms. The van der Waals surface area contributed by atoms with E-state index in [9.17, 15) is 0 Å². The molecule has 0 fully saturated rings. The Bertz CT molecular complexity index is 760. The van der Waals surface area contributed by atoms with Crippen LogP contribution in [-0.2, 0) is 6.54 Å². The van der Waals surface area contributed by atoms with Crippen molar-refractivity contribution in [2.24, 2.45) is 0 Å². The molecule has 104 valence electrons. The third-order valence-corrected chi connectivity index (χ3v) is 3.40. The SMILES string of the molecule is CCCn1nc2c(NCC)nc3ccccc3c2c1N. The Morgan fingerprint density at radius 1 is 1.25 bits per heavy atom. The molecule has 0 saturated heterocycles. The van der Waals surface area contributed by atoms with Crippen LogP contribution in [0.3, 0.4) is 0 Å². The minimum Gasteiger partial charge on any atom is -0.383 e. The van der Waals surface area contributed by atoms with Gasteiger partial charge in [0.15, 0.2) is 5.82 Å². The highest BCUT2D eigenvalue weighted by Crippen LogP contribution is 2.32. The Hall–Kier alpha value is -2.30. The second kappa shape index (κ2) is 5.00. The van der Waals surface area contributed by atoms with E-state index in [1.54, 1.807) is 0 Å². The van der Waals surface area contributed by atoms with Gasteiger partial charge in [-0.25, -0.2) is 9.67 Å². The van der Waals surface area contributed by atoms with Crippen molar-refractivity contribution in [3.05, 3.63) is 24.3 Å². The predicted octanol–water partition coefficient (Wildman–Crippen LogP) is 3.01. The largest absolute Gasteiger partial charge is 0.383 e. The maximum absolute atomic E-state index is 6.30. The fourth-order valence-corrected chi connectivity index (χ4v) is 2.54. The van der Waals surface area contributed by atoms with Crippen LogP contribution in [0.5, 0.6) is 0 Å². The molecule has 0 unspecified atom stereocenters. The summed E-state index contributed by atoms with van der Waals surface area (Å²) in [5, 5.41) is 9.98. The summed E-state index contributed by atoms with van der Waals surface area (Å²) >= 11 is 0. The average Bonchev–Trinajstić information content (AvgIpc) is 2.78. The third-order valence-electron chi connectivity index (χ3n) is 3.40. The van der Waals surface area contributed by atoms with E-state index in [4.69, 9.17) is 5.73 Å². The van der Waals surface area contributed by atoms with Crippen LogP contribution in [0.4, 0.5) is 11.6 Å². The van der Waals surface area contributed by atoms with Gasteiger partial charge in [-0.3, -0.25) is 0 Å². The molecule has 0 saturated carbocycles. The maximum atomic E-state index is 6.30. The standard InChI is InChI=1S/C15H19N5/c1-3-9-20-14(16)12-10-7-5-6-8-11(10)18-15(17-4-2)13(12)19-20/h5-8H,3-4,9,16H2,1-2H3,(H,17,18). The number of benzene rings is 1. The Morgan fingerprint density at radius 2 is 2.05 bits per heavy atom. The molecule has 2 heterocycles. The number of nitrogens with two attached hydrogens (primary N) is 1. The van der Waals surface area contributed by atoms with E-state index in [-0.39, 0.29) is 0 Å². The first kappa shape index (κ1) is 12.7. The molecule has 1 aromatic carbocycles. The van der Waals surface area contributed by atoms with Gasteiger partial charge in [0.05, 0.1) is 10.9 Å². The second-order valence-electron chi connectivity index (χ2n) is 4.84. The molecule has 3 N–H and O–H groups in total. The van der Waals surface area contributed by atoms with Crippen LogP contribution >= 0.6 is 0 Å². The first-order valence-corrected chi connectivity index (χ1v) is 7.04. The highest BCUT2D eigenvalue weighted by atomic mass is 15.3. The topological polar surface area (TPSA) is 68.8 Å². The molecule has 0 aliphatic rings. The summed E-state index contributed by atoms with van der Waals surface area (Å²) in [5.41, 5.74) is 8.10. The smallest absolute Gasteiger partial charge is 0.155 e. The van der Waals surface area contributed by atoms with Gasteiger partial charge >= 0.3 is 0 Å². The van der Waals surface area contributed by atoms with Crippen molar-refractivity contribution in [1.82, 2.24) is 14.8 Å². The van der Waals surface area contributed by atoms with Crippen LogP contribution in [0.1, 0.15) is 20.3 Å². The van der Waals surface area contributed by atoms with E-state index in [1.807, 2.05) is 22.9 Å². The fourth-order valence-electron chi connectivity index (χ4n) is 2.54. The number of fused-ring (bicyclic) bond motifs is 3. The van der Waals surface area contributed by atoms with E-state index < -0.39 is 0 Å². The summed E-state index contributed by atoms with van der Waals surface area (Å²) < 4.78 is 1.87. The summed E-state index contributed by atoms with van der Waals surface area (Å²) in [6.45, 7) is 5.80. The molecule has 0 spiro atoms. The maximum Gasteiger partial charge on any atom is 0.155 e. The van der Waals surface area contributed by atoms with Crippen molar-refractivity contribution in [3.63, 3.8) is 0 Å². The van der Waals surface area contributed by atoms with Crippen molar-refractivity contribution in [1.29, 1.82) is 0 Å². The van der Waals surface area contributed by atoms with Crippen LogP contribution in [0.15, 0.2) is 24.3 Å². The van der Waals surface area contributed by atoms with Crippen molar-refractivity contribution < 1.29 is 0 Å². The average molecular weight is 269 g/mol. The molecule has 2 aromatic heterocycles. The Balaban J connectivity index is 2.40. The number of nitrogens with one attached hydrogen (secondary N) is 1. The van der Waals surface area contributed by atoms with Crippen LogP contribution < -0.4 is 11.1 Å². The molecule has 3 aromatic rings. The lowest BCUT2D eigenvalue weighted by molar-refractivity contribution is 0.617. The number of rotatable bonds is 4. The van der Waals surface area contributed by atoms with Crippen molar-refractivity contribution in [2.75, 3.05) is 17.6 Å². The predicted molar refractivity (Wildman–Crippen MR) is 83.9 cm³/mol. The lowest BCUT2D eigenvalue weighted by Crippen LogP contribution is -2.03. The molecular formula is C15H19N5. The zero-order valence-electron chi connectivity index (χ0n) is 11.8. The van der Waals surface area contributed by atoms with Gasteiger partial charge in [-0.2, -0.15) is 5.10 Å². The van der Waals surface area contributed by atoms with Gasteiger partial charge in [0.25, 0.3) is 0 Å². The number of hydrogen-bond donors (Lipinski definition) is 2. The molecule has 0 amide bonds. The van der Waals surface area contributed by atoms with E-state index in [0.29, 0.717) is 0 Å². The molecule has 0 aliphatic heterocycles. The lowest BCUT2D eigenvalue weighted by atomic mass is 10.1. The molecule has 0 radical (unpaired) electrons. The Kier molecular flexibility index (Phi) is 3.18. The molecule has 0 atom stereocenters. The van der Waals surface area contributed by atoms with Crippen LogP contribution in [0.25, 0.3) is 21.8 Å². The zero-order chi connectivity index (χ0) is 14.1. The number of hydrogen-bond acceptors (Lipinski definition) is 4. The van der Waals surface area contributed by atoms with Gasteiger partial charge in [0, 0.05) is 18.5 Å². The van der Waals surface area contributed by atoms with E-state index in [2.05, 4.69) is 35.3 Å². The van der Waals surface area contributed by atoms with Gasteiger partial charge in [-0.1, -0.05) is 25.1 Å². The van der Waals surface area contributed by atoms with Crippen LogP contribution in [0, 0.1) is 0 Å². The number of nitrogen functional groups attached to an aromatic ring is 1. The Labute approximate surface area is 117 Å². The van der Waals surface area contributed by atoms with Gasteiger partial charge < -0.3 is 11.1 Å². The summed E-state index contributed by atoms with van der Waals surface area (Å²) in [7, 11) is 0. The van der Waals surface area contributed by atoms with Gasteiger partial charge in [0.1, 0.15) is 11.3 Å². The lowest BCUT2D eigenvalue weighted by Gasteiger charge is -2.06. The van der Waals surface area contributed by atoms with Crippen molar-refractivity contribution in [3.8, 4) is 0 Å². The number of pyridine rings is 1. The fraction of sp³-hybridized carbons (Fsp3) is 0.333. The first-order chi connectivity index (χ1) is 9.76. The molecule has 20 heavy (non-hydrogen) atoms. The molecular weight excluding hydrogens is 250 g/mol. The summed E-state index contributed by atoms with van der Waals surface area (Å²) in [4.78, 5) is 4.67. The summed E-state index contributed by atoms with van der Waals surface area (Å²) in [5.74, 6) is 1.53. The highest BCUT2D eigenvalue weighted by molar-refractivity contribution is 6.13. The summed E-state index contributed by atoms with van der Waals surface area (Å²) in [6, 6.07) is 8.05. The molecule has 5 nitrogen and oxygen atoms in total. The quantitative estimate of drug-likeness (QED) is 0.764. The zero-order valence-corrected chi connectivity index (χ0v) is 11.8. The highest BCUT2D eigenvalue weighted by Gasteiger charge is 2.16. The minimum absolute atomic E-state index is 0.722. The monoisotopic (exact) mass is 269 g/mol. The molecule has 0 aliphatic carbocycles. The van der Waals surface area contributed by atoms with Crippen molar-refractivity contribution in [2.45, 2.75) is 26.8 Å². The third kappa shape index (κ3) is 1.86. The number of anilines is 2. The number of para-hydroxylation sites is 1. The number of nitrogens with zero attached hydrogens (tertiary/aromatic N) is 3. The first-order valence-electron chi connectivity index (χ1n) is 7.04. The van der Waals surface area contributed by atoms with Crippen LogP contribution in [0.2, 0.25) is 0 Å². The number of aromatic nitrogens is 3. The Morgan fingerprint density at radius 3 is 2.80 bits per heavy atom. The molecule has 3 rings (SSSR count). The second-order valence-corrected chi connectivity index (χ2v) is 4.84. The molecule has 0 bridgehead atoms. The van der Waals surface area contributed by atoms with E-state index in [0.717, 1.165) is 53.0 Å². The summed E-state index contributed by atoms with van der Waals surface area (Å²) in [6.07, 6.45) is 1.00. The number of aryl methyl sites for hydroxylation is 1. The van der Waals surface area contributed by atoms with Crippen molar-refractivity contribution >= 4 is 33.4 Å². The van der Waals surface area contributed by atoms with Gasteiger partial charge in [-0.05, 0) is 19.4 Å². The van der Waals surface area contributed by atoms with Gasteiger partial charge in [-0.15, -0.1) is 0 Å². The van der Waals surface area contributed by atoms with E-state index in [1.165, 1.54) is 0 Å². The minimum atomic E-state index is 0.722. The van der Waals surface area contributed by atoms with Crippen LogP contribution in [-0.4, -0.2) is 21.3 Å². The van der Waals surface area contributed by atoms with Gasteiger partial charge in [0.2, 0.25) is 0 Å².